The van der Waals surface area contributed by atoms with Gasteiger partial charge in [-0.1, -0.05) is 13.3 Å². The van der Waals surface area contributed by atoms with Crippen LogP contribution in [0.15, 0.2) is 10.7 Å². The normalized spacial score (nSPS) is 22.4. The Balaban J connectivity index is 2.33. The van der Waals surface area contributed by atoms with Crippen LogP contribution in [-0.2, 0) is 0 Å². The number of nitrogens with zero attached hydrogens (tertiary/aromatic N) is 3. The molecular formula is C14H21BrN4O2. The summed E-state index contributed by atoms with van der Waals surface area (Å²) in [6.45, 7) is 5.41. The minimum absolute atomic E-state index is 0.0402. The highest BCUT2D eigenvalue weighted by Gasteiger charge is 2.30. The summed E-state index contributed by atoms with van der Waals surface area (Å²) in [4.78, 5) is 17.1. The molecule has 1 saturated heterocycles. The molecule has 0 aromatic carbocycles. The molecule has 2 unspecified atom stereocenters. The molecule has 0 spiro atoms. The number of piperidine rings is 1. The van der Waals surface area contributed by atoms with Gasteiger partial charge < -0.3 is 10.6 Å². The summed E-state index contributed by atoms with van der Waals surface area (Å²) in [7, 11) is 0. The Hall–Kier alpha value is -1.21. The minimum Gasteiger partial charge on any atom is -0.351 e. The predicted octanol–water partition coefficient (Wildman–Crippen LogP) is 3.01. The SMILES string of the molecule is CCC1CCN(c2ncc([N+](=O)[O-])c(C)c2Br)C(CN)C1. The summed E-state index contributed by atoms with van der Waals surface area (Å²) < 4.78 is 0.699. The smallest absolute Gasteiger partial charge is 0.291 e. The van der Waals surface area contributed by atoms with Gasteiger partial charge in [-0.15, -0.1) is 0 Å². The summed E-state index contributed by atoms with van der Waals surface area (Å²) in [6.07, 6.45) is 4.67. The fourth-order valence-electron chi connectivity index (χ4n) is 2.95. The van der Waals surface area contributed by atoms with Crippen molar-refractivity contribution in [3.8, 4) is 0 Å². The number of aromatic nitrogens is 1. The second-order valence-electron chi connectivity index (χ2n) is 5.54. The summed E-state index contributed by atoms with van der Waals surface area (Å²) in [6, 6.07) is 0.244. The van der Waals surface area contributed by atoms with Crippen LogP contribution in [0.5, 0.6) is 0 Å². The maximum atomic E-state index is 11.0. The maximum Gasteiger partial charge on any atom is 0.291 e. The van der Waals surface area contributed by atoms with Gasteiger partial charge in [0.25, 0.3) is 5.69 Å². The third-order valence-electron chi connectivity index (χ3n) is 4.36. The molecule has 2 atom stereocenters. The average Bonchev–Trinajstić information content (AvgIpc) is 2.49. The number of nitro groups is 1. The van der Waals surface area contributed by atoms with Crippen LogP contribution in [0.1, 0.15) is 31.7 Å². The molecule has 2 N–H and O–H groups in total. The van der Waals surface area contributed by atoms with E-state index in [1.165, 1.54) is 6.20 Å². The highest BCUT2D eigenvalue weighted by atomic mass is 79.9. The van der Waals surface area contributed by atoms with Crippen LogP contribution in [-0.4, -0.2) is 29.0 Å². The molecule has 1 aliphatic rings. The number of hydrogen-bond donors (Lipinski definition) is 1. The van der Waals surface area contributed by atoms with Gasteiger partial charge in [-0.25, -0.2) is 4.98 Å². The molecule has 21 heavy (non-hydrogen) atoms. The molecule has 0 aliphatic carbocycles. The van der Waals surface area contributed by atoms with Crippen molar-refractivity contribution in [2.45, 2.75) is 39.2 Å². The van der Waals surface area contributed by atoms with Gasteiger partial charge in [0.1, 0.15) is 12.0 Å². The third-order valence-corrected chi connectivity index (χ3v) is 5.31. The predicted molar refractivity (Wildman–Crippen MR) is 86.5 cm³/mol. The van der Waals surface area contributed by atoms with Crippen LogP contribution in [0, 0.1) is 23.0 Å². The van der Waals surface area contributed by atoms with Gasteiger partial charge in [-0.2, -0.15) is 0 Å². The van der Waals surface area contributed by atoms with E-state index in [4.69, 9.17) is 5.73 Å². The lowest BCUT2D eigenvalue weighted by Gasteiger charge is -2.40. The summed E-state index contributed by atoms with van der Waals surface area (Å²) in [5.74, 6) is 1.47. The van der Waals surface area contributed by atoms with Crippen molar-refractivity contribution in [1.82, 2.24) is 4.98 Å². The van der Waals surface area contributed by atoms with E-state index in [1.54, 1.807) is 6.92 Å². The Bertz CT molecular complexity index is 538. The zero-order chi connectivity index (χ0) is 15.6. The van der Waals surface area contributed by atoms with Gasteiger partial charge >= 0.3 is 0 Å². The van der Waals surface area contributed by atoms with Crippen molar-refractivity contribution in [3.05, 3.63) is 26.3 Å². The first-order chi connectivity index (χ1) is 9.99. The van der Waals surface area contributed by atoms with Gasteiger partial charge in [-0.05, 0) is 41.6 Å². The van der Waals surface area contributed by atoms with E-state index in [2.05, 4.69) is 32.7 Å². The summed E-state index contributed by atoms with van der Waals surface area (Å²) in [5.41, 5.74) is 6.57. The van der Waals surface area contributed by atoms with E-state index in [0.29, 0.717) is 22.5 Å². The van der Waals surface area contributed by atoms with Crippen molar-refractivity contribution in [2.75, 3.05) is 18.0 Å². The molecule has 1 fully saturated rings. The fraction of sp³-hybridized carbons (Fsp3) is 0.643. The Morgan fingerprint density at radius 3 is 2.90 bits per heavy atom. The standard InChI is InChI=1S/C14H21BrN4O2/c1-3-10-4-5-18(11(6-10)7-16)14-13(15)9(2)12(8-17-14)19(20)21/h8,10-11H,3-7,16H2,1-2H3. The molecule has 6 nitrogen and oxygen atoms in total. The zero-order valence-electron chi connectivity index (χ0n) is 12.4. The summed E-state index contributed by atoms with van der Waals surface area (Å²) >= 11 is 3.47. The van der Waals surface area contributed by atoms with Crippen molar-refractivity contribution in [2.24, 2.45) is 11.7 Å². The zero-order valence-corrected chi connectivity index (χ0v) is 14.0. The van der Waals surface area contributed by atoms with E-state index in [0.717, 1.165) is 31.6 Å². The molecule has 7 heteroatoms. The monoisotopic (exact) mass is 356 g/mol. The first kappa shape index (κ1) is 16.2. The van der Waals surface area contributed by atoms with Crippen LogP contribution in [0.2, 0.25) is 0 Å². The Labute approximate surface area is 133 Å². The van der Waals surface area contributed by atoms with E-state index < -0.39 is 4.92 Å². The maximum absolute atomic E-state index is 11.0. The van der Waals surface area contributed by atoms with E-state index in [-0.39, 0.29) is 11.7 Å². The first-order valence-corrected chi connectivity index (χ1v) is 8.05. The number of halogens is 1. The van der Waals surface area contributed by atoms with Gasteiger partial charge in [0.05, 0.1) is 9.40 Å². The molecule has 0 saturated carbocycles. The molecule has 2 rings (SSSR count). The number of pyridine rings is 1. The van der Waals surface area contributed by atoms with Crippen molar-refractivity contribution in [3.63, 3.8) is 0 Å². The molecule has 2 heterocycles. The van der Waals surface area contributed by atoms with Crippen LogP contribution in [0.3, 0.4) is 0 Å². The number of rotatable bonds is 4. The Morgan fingerprint density at radius 1 is 1.62 bits per heavy atom. The summed E-state index contributed by atoms with van der Waals surface area (Å²) in [5, 5.41) is 11.0. The number of nitrogens with two attached hydrogens (primary N) is 1. The second kappa shape index (κ2) is 6.70. The molecule has 0 amide bonds. The van der Waals surface area contributed by atoms with Gasteiger partial charge in [0.2, 0.25) is 0 Å². The molecule has 1 aromatic heterocycles. The lowest BCUT2D eigenvalue weighted by molar-refractivity contribution is -0.385. The van der Waals surface area contributed by atoms with Gasteiger partial charge in [-0.3, -0.25) is 10.1 Å². The lowest BCUT2D eigenvalue weighted by atomic mass is 9.89. The first-order valence-electron chi connectivity index (χ1n) is 7.25. The minimum atomic E-state index is -0.402. The average molecular weight is 357 g/mol. The second-order valence-corrected chi connectivity index (χ2v) is 6.34. The highest BCUT2D eigenvalue weighted by molar-refractivity contribution is 9.10. The fourth-order valence-corrected chi connectivity index (χ4v) is 3.48. The number of hydrogen-bond acceptors (Lipinski definition) is 5. The highest BCUT2D eigenvalue weighted by Crippen LogP contribution is 2.36. The van der Waals surface area contributed by atoms with Crippen LogP contribution in [0.25, 0.3) is 0 Å². The van der Waals surface area contributed by atoms with E-state index >= 15 is 0 Å². The molecular weight excluding hydrogens is 336 g/mol. The largest absolute Gasteiger partial charge is 0.351 e. The quantitative estimate of drug-likeness (QED) is 0.661. The number of anilines is 1. The molecule has 0 bridgehead atoms. The van der Waals surface area contributed by atoms with Crippen molar-refractivity contribution < 1.29 is 4.92 Å². The van der Waals surface area contributed by atoms with Crippen molar-refractivity contribution >= 4 is 27.4 Å². The molecule has 1 aromatic rings. The van der Waals surface area contributed by atoms with Gasteiger partial charge in [0, 0.05) is 24.7 Å². The Morgan fingerprint density at radius 2 is 2.33 bits per heavy atom. The molecule has 0 radical (unpaired) electrons. The topological polar surface area (TPSA) is 85.3 Å². The Kier molecular flexibility index (Phi) is 5.16. The van der Waals surface area contributed by atoms with E-state index in [1.807, 2.05) is 0 Å². The molecule has 1 aliphatic heterocycles. The van der Waals surface area contributed by atoms with E-state index in [9.17, 15) is 10.1 Å². The molecule has 116 valence electrons. The van der Waals surface area contributed by atoms with Crippen LogP contribution < -0.4 is 10.6 Å². The lowest BCUT2D eigenvalue weighted by Crippen LogP contribution is -2.47. The van der Waals surface area contributed by atoms with Crippen molar-refractivity contribution in [1.29, 1.82) is 0 Å². The van der Waals surface area contributed by atoms with Crippen LogP contribution >= 0.6 is 15.9 Å². The third kappa shape index (κ3) is 3.18. The van der Waals surface area contributed by atoms with Gasteiger partial charge in [0.15, 0.2) is 0 Å². The van der Waals surface area contributed by atoms with Crippen LogP contribution in [0.4, 0.5) is 11.5 Å².